The smallest absolute Gasteiger partial charge is 0.306 e. The van der Waals surface area contributed by atoms with E-state index >= 15 is 0 Å². The summed E-state index contributed by atoms with van der Waals surface area (Å²) in [5.74, 6) is -1.04. The van der Waals surface area contributed by atoms with Crippen LogP contribution in [0, 0.1) is 0 Å². The Labute approximate surface area is 450 Å². The fraction of sp³-hybridized carbons (Fsp3) is 0.687. The van der Waals surface area contributed by atoms with Gasteiger partial charge >= 0.3 is 17.9 Å². The average molecular weight is 1010 g/mol. The van der Waals surface area contributed by atoms with Crippen LogP contribution in [0.25, 0.3) is 0 Å². The van der Waals surface area contributed by atoms with Crippen LogP contribution in [0.1, 0.15) is 278 Å². The first-order valence-corrected chi connectivity index (χ1v) is 30.4. The van der Waals surface area contributed by atoms with Crippen molar-refractivity contribution in [1.29, 1.82) is 0 Å². The van der Waals surface area contributed by atoms with Crippen LogP contribution in [0.3, 0.4) is 0 Å². The van der Waals surface area contributed by atoms with E-state index < -0.39 is 12.1 Å². The predicted molar refractivity (Wildman–Crippen MR) is 316 cm³/mol. The lowest BCUT2D eigenvalue weighted by Gasteiger charge is -2.18. The molecule has 0 aliphatic rings. The Balaban J connectivity index is 4.50. The second kappa shape index (κ2) is 60.6. The molecule has 0 aromatic heterocycles. The lowest BCUT2D eigenvalue weighted by Crippen LogP contribution is -2.30. The highest BCUT2D eigenvalue weighted by molar-refractivity contribution is 5.71. The van der Waals surface area contributed by atoms with Crippen LogP contribution in [0.2, 0.25) is 0 Å². The summed E-state index contributed by atoms with van der Waals surface area (Å²) in [7, 11) is 0. The maximum absolute atomic E-state index is 12.8. The maximum Gasteiger partial charge on any atom is 0.306 e. The number of ether oxygens (including phenoxy) is 3. The van der Waals surface area contributed by atoms with Crippen molar-refractivity contribution in [2.75, 3.05) is 13.2 Å². The van der Waals surface area contributed by atoms with Crippen molar-refractivity contribution in [2.45, 2.75) is 284 Å². The third kappa shape index (κ3) is 58.8. The molecule has 6 heteroatoms. The number of carbonyl (C=O) groups excluding carboxylic acids is 3. The fourth-order valence-corrected chi connectivity index (χ4v) is 8.24. The van der Waals surface area contributed by atoms with E-state index in [1.54, 1.807) is 0 Å². The van der Waals surface area contributed by atoms with E-state index in [0.29, 0.717) is 25.7 Å². The van der Waals surface area contributed by atoms with Gasteiger partial charge in [-0.2, -0.15) is 0 Å². The Morgan fingerprint density at radius 1 is 0.288 bits per heavy atom. The molecule has 73 heavy (non-hydrogen) atoms. The molecule has 0 aromatic carbocycles. The SMILES string of the molecule is CC/C=C\C/C=C\C/C=C\C/C=C\C/C=C\C/C=C\CCC(=O)O[C@H](COC(=O)CCCC/C=C\C/C=C\C/C=C\CCCCC)COC(=O)CCCCCCCCCCCCCCCCCCCCCCC. The van der Waals surface area contributed by atoms with E-state index in [9.17, 15) is 14.4 Å². The summed E-state index contributed by atoms with van der Waals surface area (Å²) in [5.41, 5.74) is 0. The third-order valence-electron chi connectivity index (χ3n) is 12.8. The molecule has 416 valence electrons. The van der Waals surface area contributed by atoms with Crippen LogP contribution in [0.15, 0.2) is 109 Å². The molecule has 0 aromatic rings. The molecule has 1 atom stereocenters. The molecule has 0 radical (unpaired) electrons. The molecule has 6 nitrogen and oxygen atoms in total. The number of rotatable bonds is 54. The van der Waals surface area contributed by atoms with Crippen LogP contribution in [0.5, 0.6) is 0 Å². The highest BCUT2D eigenvalue weighted by atomic mass is 16.6. The highest BCUT2D eigenvalue weighted by Gasteiger charge is 2.19. The molecule has 0 N–H and O–H groups in total. The lowest BCUT2D eigenvalue weighted by atomic mass is 10.0. The van der Waals surface area contributed by atoms with Gasteiger partial charge < -0.3 is 14.2 Å². The van der Waals surface area contributed by atoms with Gasteiger partial charge in [0.15, 0.2) is 6.10 Å². The zero-order chi connectivity index (χ0) is 52.9. The minimum absolute atomic E-state index is 0.120. The Morgan fingerprint density at radius 3 is 0.918 bits per heavy atom. The van der Waals surface area contributed by atoms with Gasteiger partial charge in [0.05, 0.1) is 0 Å². The van der Waals surface area contributed by atoms with Crippen molar-refractivity contribution in [3.8, 4) is 0 Å². The van der Waals surface area contributed by atoms with Crippen LogP contribution < -0.4 is 0 Å². The van der Waals surface area contributed by atoms with Crippen LogP contribution >= 0.6 is 0 Å². The van der Waals surface area contributed by atoms with E-state index in [1.807, 2.05) is 12.2 Å². The summed E-state index contributed by atoms with van der Waals surface area (Å²) < 4.78 is 16.8. The fourth-order valence-electron chi connectivity index (χ4n) is 8.24. The van der Waals surface area contributed by atoms with Crippen LogP contribution in [-0.4, -0.2) is 37.2 Å². The predicted octanol–water partition coefficient (Wildman–Crippen LogP) is 20.7. The summed E-state index contributed by atoms with van der Waals surface area (Å²) >= 11 is 0. The molecule has 0 spiro atoms. The molecule has 0 amide bonds. The highest BCUT2D eigenvalue weighted by Crippen LogP contribution is 2.16. The molecule has 0 fully saturated rings. The standard InChI is InChI=1S/C67H112O6/c1-4-7-10-13-16-19-22-25-28-30-32-33-35-36-39-42-45-48-51-54-57-60-66(69)72-63-64(62-71-65(68)59-56-53-50-47-44-41-38-27-24-21-18-15-12-9-6-3)73-67(70)61-58-55-52-49-46-43-40-37-34-31-29-26-23-20-17-14-11-8-5-2/h8,11,17-18,20-21,26-27,29,34,37-38,43-44,46-47,52,55,64H,4-7,9-10,12-16,19,22-25,28,30-33,35-36,39-42,45,48-51,53-54,56-63H2,1-3H3/b11-8-,20-17-,21-18-,29-26-,37-34-,38-27-,46-43-,47-44-,55-52-/t64-/m1/s1. The van der Waals surface area contributed by atoms with Crippen molar-refractivity contribution in [3.05, 3.63) is 109 Å². The number of esters is 3. The van der Waals surface area contributed by atoms with Crippen LogP contribution in [0.4, 0.5) is 0 Å². The number of unbranched alkanes of at least 4 members (excludes halogenated alkanes) is 25. The van der Waals surface area contributed by atoms with E-state index in [1.165, 1.54) is 141 Å². The van der Waals surface area contributed by atoms with Crippen molar-refractivity contribution in [1.82, 2.24) is 0 Å². The van der Waals surface area contributed by atoms with Crippen molar-refractivity contribution >= 4 is 17.9 Å². The monoisotopic (exact) mass is 1010 g/mol. The molecular weight excluding hydrogens is 901 g/mol. The summed E-state index contributed by atoms with van der Waals surface area (Å²) in [6.45, 7) is 6.42. The summed E-state index contributed by atoms with van der Waals surface area (Å²) in [6, 6.07) is 0. The van der Waals surface area contributed by atoms with Crippen molar-refractivity contribution in [3.63, 3.8) is 0 Å². The first-order chi connectivity index (χ1) is 36.0. The normalized spacial score (nSPS) is 12.9. The quantitative estimate of drug-likeness (QED) is 0.0261. The minimum Gasteiger partial charge on any atom is -0.462 e. The van der Waals surface area contributed by atoms with Gasteiger partial charge in [0.2, 0.25) is 0 Å². The molecule has 0 heterocycles. The molecule has 0 bridgehead atoms. The second-order valence-electron chi connectivity index (χ2n) is 19.9. The van der Waals surface area contributed by atoms with Gasteiger partial charge in [0.25, 0.3) is 0 Å². The van der Waals surface area contributed by atoms with Gasteiger partial charge in [0.1, 0.15) is 13.2 Å². The third-order valence-corrected chi connectivity index (χ3v) is 12.8. The largest absolute Gasteiger partial charge is 0.462 e. The minimum atomic E-state index is -0.835. The topological polar surface area (TPSA) is 78.9 Å². The summed E-state index contributed by atoms with van der Waals surface area (Å²) in [6.07, 6.45) is 82.5. The first kappa shape index (κ1) is 69.1. The summed E-state index contributed by atoms with van der Waals surface area (Å²) in [4.78, 5) is 38.2. The van der Waals surface area contributed by atoms with Crippen LogP contribution in [-0.2, 0) is 28.6 Å². The van der Waals surface area contributed by atoms with E-state index in [2.05, 4.69) is 118 Å². The number of carbonyl (C=O) groups is 3. The van der Waals surface area contributed by atoms with E-state index in [-0.39, 0.29) is 31.6 Å². The average Bonchev–Trinajstić information content (AvgIpc) is 3.39. The van der Waals surface area contributed by atoms with Gasteiger partial charge in [-0.3, -0.25) is 14.4 Å². The first-order valence-electron chi connectivity index (χ1n) is 30.4. The summed E-state index contributed by atoms with van der Waals surface area (Å²) in [5, 5.41) is 0. The van der Waals surface area contributed by atoms with Crippen molar-refractivity contribution < 1.29 is 28.6 Å². The number of allylic oxidation sites excluding steroid dienone is 18. The molecule has 0 saturated carbocycles. The number of hydrogen-bond donors (Lipinski definition) is 0. The van der Waals surface area contributed by atoms with Gasteiger partial charge in [-0.1, -0.05) is 271 Å². The van der Waals surface area contributed by atoms with Gasteiger partial charge in [-0.25, -0.2) is 0 Å². The molecule has 0 rings (SSSR count). The van der Waals surface area contributed by atoms with E-state index in [0.717, 1.165) is 83.5 Å². The Bertz CT molecular complexity index is 1490. The van der Waals surface area contributed by atoms with Gasteiger partial charge in [-0.15, -0.1) is 0 Å². The van der Waals surface area contributed by atoms with Crippen molar-refractivity contribution in [2.24, 2.45) is 0 Å². The molecule has 0 saturated heterocycles. The zero-order valence-electron chi connectivity index (χ0n) is 47.6. The Morgan fingerprint density at radius 2 is 0.562 bits per heavy atom. The zero-order valence-corrected chi connectivity index (χ0v) is 47.6. The van der Waals surface area contributed by atoms with Gasteiger partial charge in [-0.05, 0) is 96.3 Å². The van der Waals surface area contributed by atoms with E-state index in [4.69, 9.17) is 14.2 Å². The molecule has 0 aliphatic carbocycles. The number of hydrogen-bond acceptors (Lipinski definition) is 6. The van der Waals surface area contributed by atoms with Gasteiger partial charge in [0, 0.05) is 19.3 Å². The second-order valence-corrected chi connectivity index (χ2v) is 19.9. The Kier molecular flexibility index (Phi) is 57.4. The molecular formula is C67H112O6. The maximum atomic E-state index is 12.8. The lowest BCUT2D eigenvalue weighted by molar-refractivity contribution is -0.166. The Hall–Kier alpha value is -3.93. The molecule has 0 unspecified atom stereocenters. The molecule has 0 aliphatic heterocycles.